The normalized spacial score (nSPS) is 22.9. The summed E-state index contributed by atoms with van der Waals surface area (Å²) in [5.74, 6) is 0.709. The fourth-order valence-electron chi connectivity index (χ4n) is 3.58. The molecule has 1 saturated carbocycles. The van der Waals surface area contributed by atoms with Crippen LogP contribution in [0.1, 0.15) is 40.7 Å². The van der Waals surface area contributed by atoms with Crippen molar-refractivity contribution in [1.82, 2.24) is 15.5 Å². The van der Waals surface area contributed by atoms with Crippen LogP contribution in [0.5, 0.6) is 0 Å². The third-order valence-corrected chi connectivity index (χ3v) is 5.03. The molecule has 6 heteroatoms. The molecule has 4 nitrogen and oxygen atoms in total. The van der Waals surface area contributed by atoms with E-state index in [1.165, 1.54) is 43.5 Å². The summed E-state index contributed by atoms with van der Waals surface area (Å²) in [6, 6.07) is 6.92. The average Bonchev–Trinajstić information content (AvgIpc) is 3.07. The molecule has 1 amide bonds. The third kappa shape index (κ3) is 4.18. The molecule has 2 N–H and O–H groups in total. The number of nitrogens with zero attached hydrogens (tertiary/aromatic N) is 1. The van der Waals surface area contributed by atoms with Crippen LogP contribution in [0, 0.1) is 5.92 Å². The summed E-state index contributed by atoms with van der Waals surface area (Å²) in [6.07, 6.45) is 3.98. The smallest absolute Gasteiger partial charge is 0.251 e. The molecule has 1 aliphatic carbocycles. The molecule has 1 atom stereocenters. The van der Waals surface area contributed by atoms with Gasteiger partial charge in [0.25, 0.3) is 5.91 Å². The van der Waals surface area contributed by atoms with Gasteiger partial charge in [0.15, 0.2) is 0 Å². The molecule has 23 heavy (non-hydrogen) atoms. The number of likely N-dealkylation sites (tertiary alicyclic amines) is 1. The molecule has 1 aromatic rings. The van der Waals surface area contributed by atoms with Crippen LogP contribution >= 0.6 is 24.8 Å². The lowest BCUT2D eigenvalue weighted by Crippen LogP contribution is -2.31. The Labute approximate surface area is 150 Å². The van der Waals surface area contributed by atoms with Gasteiger partial charge in [-0.3, -0.25) is 4.79 Å². The van der Waals surface area contributed by atoms with E-state index in [2.05, 4.69) is 21.6 Å². The molecule has 128 valence electrons. The number of rotatable bonds is 4. The molecule has 0 spiro atoms. The van der Waals surface area contributed by atoms with E-state index in [0.29, 0.717) is 5.92 Å². The van der Waals surface area contributed by atoms with Gasteiger partial charge in [0.1, 0.15) is 0 Å². The lowest BCUT2D eigenvalue weighted by atomic mass is 10.1. The zero-order chi connectivity index (χ0) is 14.2. The van der Waals surface area contributed by atoms with Crippen LogP contribution in [-0.2, 0) is 13.1 Å². The number of halogens is 2. The Morgan fingerprint density at radius 3 is 2.74 bits per heavy atom. The number of carbonyl (C=O) groups excluding carboxylic acids is 1. The Bertz CT molecular complexity index is 563. The van der Waals surface area contributed by atoms with Crippen LogP contribution in [0.2, 0.25) is 0 Å². The van der Waals surface area contributed by atoms with Gasteiger partial charge in [-0.2, -0.15) is 0 Å². The maximum atomic E-state index is 12.3. The number of hydrogen-bond acceptors (Lipinski definition) is 3. The second-order valence-electron chi connectivity index (χ2n) is 6.68. The van der Waals surface area contributed by atoms with E-state index in [1.54, 1.807) is 0 Å². The zero-order valence-corrected chi connectivity index (χ0v) is 14.8. The number of amides is 1. The maximum Gasteiger partial charge on any atom is 0.251 e. The summed E-state index contributed by atoms with van der Waals surface area (Å²) in [7, 11) is 0. The van der Waals surface area contributed by atoms with E-state index in [9.17, 15) is 4.79 Å². The van der Waals surface area contributed by atoms with Gasteiger partial charge in [0.2, 0.25) is 0 Å². The van der Waals surface area contributed by atoms with Crippen molar-refractivity contribution in [3.05, 3.63) is 34.9 Å². The van der Waals surface area contributed by atoms with Crippen molar-refractivity contribution in [2.75, 3.05) is 19.6 Å². The Morgan fingerprint density at radius 2 is 1.96 bits per heavy atom. The van der Waals surface area contributed by atoms with Crippen LogP contribution in [-0.4, -0.2) is 36.5 Å². The van der Waals surface area contributed by atoms with Crippen LogP contribution in [0.3, 0.4) is 0 Å². The summed E-state index contributed by atoms with van der Waals surface area (Å²) in [6.45, 7) is 5.01. The van der Waals surface area contributed by atoms with Crippen LogP contribution in [0.15, 0.2) is 18.2 Å². The van der Waals surface area contributed by atoms with E-state index in [-0.39, 0.29) is 30.7 Å². The minimum atomic E-state index is 0. The summed E-state index contributed by atoms with van der Waals surface area (Å²) in [5.41, 5.74) is 3.39. The van der Waals surface area contributed by atoms with Gasteiger partial charge in [-0.15, -0.1) is 24.8 Å². The molecule has 4 rings (SSSR count). The second kappa shape index (κ2) is 7.84. The average molecular weight is 358 g/mol. The lowest BCUT2D eigenvalue weighted by Gasteiger charge is -2.15. The summed E-state index contributed by atoms with van der Waals surface area (Å²) >= 11 is 0. The minimum Gasteiger partial charge on any atom is -0.352 e. The molecule has 2 heterocycles. The molecule has 0 radical (unpaired) electrons. The highest BCUT2D eigenvalue weighted by molar-refractivity contribution is 5.94. The van der Waals surface area contributed by atoms with E-state index in [4.69, 9.17) is 0 Å². The molecular weight excluding hydrogens is 333 g/mol. The van der Waals surface area contributed by atoms with E-state index >= 15 is 0 Å². The quantitative estimate of drug-likeness (QED) is 0.869. The Morgan fingerprint density at radius 1 is 1.17 bits per heavy atom. The monoisotopic (exact) mass is 357 g/mol. The Balaban J connectivity index is 0.000000960. The van der Waals surface area contributed by atoms with Crippen molar-refractivity contribution in [2.24, 2.45) is 5.92 Å². The highest BCUT2D eigenvalue weighted by Gasteiger charge is 2.34. The molecule has 0 bridgehead atoms. The molecule has 2 fully saturated rings. The third-order valence-electron chi connectivity index (χ3n) is 5.03. The zero-order valence-electron chi connectivity index (χ0n) is 13.2. The Kier molecular flexibility index (Phi) is 6.32. The highest BCUT2D eigenvalue weighted by atomic mass is 35.5. The molecule has 3 aliphatic rings. The predicted octanol–water partition coefficient (Wildman–Crippen LogP) is 2.35. The highest BCUT2D eigenvalue weighted by Crippen LogP contribution is 2.31. The van der Waals surface area contributed by atoms with Gasteiger partial charge in [-0.25, -0.2) is 0 Å². The minimum absolute atomic E-state index is 0. The van der Waals surface area contributed by atoms with E-state index < -0.39 is 0 Å². The number of nitrogens with one attached hydrogen (secondary N) is 2. The number of carbonyl (C=O) groups is 1. The van der Waals surface area contributed by atoms with Gasteiger partial charge in [0.05, 0.1) is 0 Å². The maximum absolute atomic E-state index is 12.3. The topological polar surface area (TPSA) is 44.4 Å². The van der Waals surface area contributed by atoms with Crippen molar-refractivity contribution in [1.29, 1.82) is 0 Å². The SMILES string of the molecule is Cl.Cl.O=C(NCC1CCN(C2CC2)C1)c1ccc2c(c1)CNC2. The van der Waals surface area contributed by atoms with Crippen LogP contribution < -0.4 is 10.6 Å². The first-order valence-corrected chi connectivity index (χ1v) is 8.14. The summed E-state index contributed by atoms with van der Waals surface area (Å²) in [5, 5.41) is 6.44. The molecule has 0 aromatic heterocycles. The van der Waals surface area contributed by atoms with Crippen molar-refractivity contribution in [3.8, 4) is 0 Å². The van der Waals surface area contributed by atoms with Gasteiger partial charge in [-0.05, 0) is 55.0 Å². The van der Waals surface area contributed by atoms with E-state index in [0.717, 1.165) is 31.2 Å². The molecule has 2 aliphatic heterocycles. The number of fused-ring (bicyclic) bond motifs is 1. The van der Waals surface area contributed by atoms with Gasteiger partial charge >= 0.3 is 0 Å². The second-order valence-corrected chi connectivity index (χ2v) is 6.68. The first-order valence-electron chi connectivity index (χ1n) is 8.14. The number of benzene rings is 1. The van der Waals surface area contributed by atoms with Crippen molar-refractivity contribution in [3.63, 3.8) is 0 Å². The Hall–Kier alpha value is -0.810. The first kappa shape index (κ1) is 18.5. The van der Waals surface area contributed by atoms with E-state index in [1.807, 2.05) is 12.1 Å². The van der Waals surface area contributed by atoms with Crippen molar-refractivity contribution in [2.45, 2.75) is 38.4 Å². The van der Waals surface area contributed by atoms with Crippen molar-refractivity contribution >= 4 is 30.7 Å². The van der Waals surface area contributed by atoms with Crippen LogP contribution in [0.25, 0.3) is 0 Å². The molecular formula is C17H25Cl2N3O. The van der Waals surface area contributed by atoms with Gasteiger partial charge < -0.3 is 15.5 Å². The number of hydrogen-bond donors (Lipinski definition) is 2. The first-order chi connectivity index (χ1) is 10.3. The largest absolute Gasteiger partial charge is 0.352 e. The summed E-state index contributed by atoms with van der Waals surface area (Å²) in [4.78, 5) is 14.9. The van der Waals surface area contributed by atoms with Crippen molar-refractivity contribution < 1.29 is 4.79 Å². The molecule has 1 aromatic carbocycles. The predicted molar refractivity (Wildman–Crippen MR) is 96.5 cm³/mol. The molecule has 1 unspecified atom stereocenters. The molecule has 1 saturated heterocycles. The van der Waals surface area contributed by atoms with Gasteiger partial charge in [0, 0.05) is 37.8 Å². The standard InChI is InChI=1S/C17H23N3O.2ClH/c21-17(13-1-2-14-9-18-10-15(14)7-13)19-8-12-5-6-20(11-12)16-3-4-16;;/h1-2,7,12,16,18H,3-6,8-11H2,(H,19,21);2*1H. The van der Waals surface area contributed by atoms with Crippen LogP contribution in [0.4, 0.5) is 0 Å². The van der Waals surface area contributed by atoms with Gasteiger partial charge in [-0.1, -0.05) is 6.07 Å². The fraction of sp³-hybridized carbons (Fsp3) is 0.588. The summed E-state index contributed by atoms with van der Waals surface area (Å²) < 4.78 is 0. The lowest BCUT2D eigenvalue weighted by molar-refractivity contribution is 0.0947. The fourth-order valence-corrected chi connectivity index (χ4v) is 3.58.